The molecule has 1 heteroatoms. The zero-order valence-electron chi connectivity index (χ0n) is 11.5. The second-order valence-corrected chi connectivity index (χ2v) is 6.22. The van der Waals surface area contributed by atoms with E-state index in [9.17, 15) is 0 Å². The molecule has 0 bridgehead atoms. The fourth-order valence-electron chi connectivity index (χ4n) is 3.16. The lowest BCUT2D eigenvalue weighted by Crippen LogP contribution is -1.96. The van der Waals surface area contributed by atoms with E-state index in [-0.39, 0.29) is 0 Å². The van der Waals surface area contributed by atoms with E-state index in [0.29, 0.717) is 0 Å². The first-order valence-electron chi connectivity index (χ1n) is 6.64. The summed E-state index contributed by atoms with van der Waals surface area (Å²) in [5.74, 6) is 0. The van der Waals surface area contributed by atoms with Crippen LogP contribution in [0.5, 0.6) is 0 Å². The zero-order chi connectivity index (χ0) is 13.6. The van der Waals surface area contributed by atoms with E-state index in [2.05, 4.69) is 73.1 Å². The molecule has 0 atom stereocenters. The topological polar surface area (TPSA) is 0 Å². The van der Waals surface area contributed by atoms with Crippen molar-refractivity contribution in [3.05, 3.63) is 62.6 Å². The largest absolute Gasteiger partial charge is 0.0795 e. The summed E-state index contributed by atoms with van der Waals surface area (Å²) < 4.78 is 1.20. The SMILES string of the molecule is Cc1cc(C)c(-c2c(Br)ccc3c2CC=C3)c(C)c1. The summed E-state index contributed by atoms with van der Waals surface area (Å²) in [6.07, 6.45) is 5.51. The van der Waals surface area contributed by atoms with Crippen molar-refractivity contribution < 1.29 is 0 Å². The molecule has 0 N–H and O–H groups in total. The van der Waals surface area contributed by atoms with E-state index in [1.165, 1.54) is 43.4 Å². The van der Waals surface area contributed by atoms with Crippen molar-refractivity contribution in [1.82, 2.24) is 0 Å². The van der Waals surface area contributed by atoms with Crippen LogP contribution >= 0.6 is 15.9 Å². The molecule has 3 rings (SSSR count). The molecule has 0 unspecified atom stereocenters. The summed E-state index contributed by atoms with van der Waals surface area (Å²) in [6.45, 7) is 6.59. The third-order valence-corrected chi connectivity index (χ3v) is 4.51. The number of benzene rings is 2. The van der Waals surface area contributed by atoms with Crippen LogP contribution in [0.25, 0.3) is 17.2 Å². The van der Waals surface area contributed by atoms with Gasteiger partial charge in [0, 0.05) is 10.0 Å². The van der Waals surface area contributed by atoms with E-state index in [0.717, 1.165) is 6.42 Å². The predicted octanol–water partition coefficient (Wildman–Crippen LogP) is 5.61. The quantitative estimate of drug-likeness (QED) is 0.642. The van der Waals surface area contributed by atoms with Crippen LogP contribution < -0.4 is 0 Å². The van der Waals surface area contributed by atoms with E-state index in [1.54, 1.807) is 0 Å². The molecule has 2 aromatic rings. The molecule has 0 saturated heterocycles. The maximum atomic E-state index is 3.75. The van der Waals surface area contributed by atoms with Gasteiger partial charge < -0.3 is 0 Å². The second-order valence-electron chi connectivity index (χ2n) is 5.37. The molecule has 0 aromatic heterocycles. The lowest BCUT2D eigenvalue weighted by molar-refractivity contribution is 1.26. The number of hydrogen-bond acceptors (Lipinski definition) is 0. The molecule has 0 saturated carbocycles. The molecular formula is C18H17Br. The van der Waals surface area contributed by atoms with Crippen LogP contribution in [0.1, 0.15) is 27.8 Å². The number of fused-ring (bicyclic) bond motifs is 1. The molecular weight excluding hydrogens is 296 g/mol. The van der Waals surface area contributed by atoms with Crippen molar-refractivity contribution in [2.24, 2.45) is 0 Å². The molecule has 96 valence electrons. The highest BCUT2D eigenvalue weighted by Crippen LogP contribution is 2.40. The minimum absolute atomic E-state index is 1.04. The minimum Gasteiger partial charge on any atom is -0.0795 e. The summed E-state index contributed by atoms with van der Waals surface area (Å²) >= 11 is 3.75. The van der Waals surface area contributed by atoms with Crippen molar-refractivity contribution in [3.8, 4) is 11.1 Å². The lowest BCUT2D eigenvalue weighted by Gasteiger charge is -2.17. The van der Waals surface area contributed by atoms with E-state index >= 15 is 0 Å². The second kappa shape index (κ2) is 4.64. The smallest absolute Gasteiger partial charge is 0.0257 e. The van der Waals surface area contributed by atoms with Crippen LogP contribution in [0.4, 0.5) is 0 Å². The Morgan fingerprint density at radius 2 is 1.63 bits per heavy atom. The molecule has 19 heavy (non-hydrogen) atoms. The lowest BCUT2D eigenvalue weighted by atomic mass is 9.89. The van der Waals surface area contributed by atoms with Crippen LogP contribution in [-0.4, -0.2) is 0 Å². The van der Waals surface area contributed by atoms with Gasteiger partial charge in [-0.05, 0) is 61.1 Å². The normalized spacial score (nSPS) is 12.8. The molecule has 0 heterocycles. The molecule has 0 spiro atoms. The van der Waals surface area contributed by atoms with Gasteiger partial charge >= 0.3 is 0 Å². The van der Waals surface area contributed by atoms with Gasteiger partial charge in [-0.15, -0.1) is 0 Å². The van der Waals surface area contributed by atoms with Gasteiger partial charge in [-0.3, -0.25) is 0 Å². The third kappa shape index (κ3) is 2.06. The Morgan fingerprint density at radius 1 is 0.947 bits per heavy atom. The van der Waals surface area contributed by atoms with E-state index in [4.69, 9.17) is 0 Å². The minimum atomic E-state index is 1.04. The van der Waals surface area contributed by atoms with Crippen LogP contribution in [-0.2, 0) is 6.42 Å². The van der Waals surface area contributed by atoms with Gasteiger partial charge in [-0.25, -0.2) is 0 Å². The Morgan fingerprint density at radius 3 is 2.32 bits per heavy atom. The standard InChI is InChI=1S/C18H17Br/c1-11-9-12(2)17(13(3)10-11)18-15-6-4-5-14(15)7-8-16(18)19/h4-5,7-10H,6H2,1-3H3. The van der Waals surface area contributed by atoms with Gasteiger partial charge in [-0.2, -0.15) is 0 Å². The molecule has 0 radical (unpaired) electrons. The van der Waals surface area contributed by atoms with Crippen molar-refractivity contribution in [2.45, 2.75) is 27.2 Å². The van der Waals surface area contributed by atoms with Crippen LogP contribution in [0.15, 0.2) is 34.8 Å². The summed E-state index contributed by atoms with van der Waals surface area (Å²) in [5.41, 5.74) is 9.62. The molecule has 1 aliphatic rings. The number of halogens is 1. The fourth-order valence-corrected chi connectivity index (χ4v) is 3.73. The van der Waals surface area contributed by atoms with Crippen molar-refractivity contribution >= 4 is 22.0 Å². The van der Waals surface area contributed by atoms with Gasteiger partial charge in [0.2, 0.25) is 0 Å². The molecule has 2 aromatic carbocycles. The van der Waals surface area contributed by atoms with E-state index < -0.39 is 0 Å². The third-order valence-electron chi connectivity index (χ3n) is 3.84. The van der Waals surface area contributed by atoms with Gasteiger partial charge in [0.15, 0.2) is 0 Å². The number of allylic oxidation sites excluding steroid dienone is 1. The summed E-state index contributed by atoms with van der Waals surface area (Å²) in [7, 11) is 0. The maximum absolute atomic E-state index is 3.75. The van der Waals surface area contributed by atoms with E-state index in [1.807, 2.05) is 0 Å². The van der Waals surface area contributed by atoms with Crippen molar-refractivity contribution in [2.75, 3.05) is 0 Å². The first-order chi connectivity index (χ1) is 9.08. The number of rotatable bonds is 1. The Hall–Kier alpha value is -1.34. The highest BCUT2D eigenvalue weighted by Gasteiger charge is 2.18. The molecule has 0 nitrogen and oxygen atoms in total. The van der Waals surface area contributed by atoms with Crippen molar-refractivity contribution in [1.29, 1.82) is 0 Å². The van der Waals surface area contributed by atoms with Crippen LogP contribution in [0.3, 0.4) is 0 Å². The molecule has 0 aliphatic heterocycles. The first kappa shape index (κ1) is 12.7. The molecule has 0 amide bonds. The molecule has 0 fully saturated rings. The van der Waals surface area contributed by atoms with Gasteiger partial charge in [-0.1, -0.05) is 51.8 Å². The summed E-state index contributed by atoms with van der Waals surface area (Å²) in [4.78, 5) is 0. The predicted molar refractivity (Wildman–Crippen MR) is 86.5 cm³/mol. The number of hydrogen-bond donors (Lipinski definition) is 0. The maximum Gasteiger partial charge on any atom is 0.0257 e. The monoisotopic (exact) mass is 312 g/mol. The summed E-state index contributed by atoms with van der Waals surface area (Å²) in [5, 5.41) is 0. The average molecular weight is 313 g/mol. The average Bonchev–Trinajstić information content (AvgIpc) is 2.79. The Balaban J connectivity index is 2.33. The number of aryl methyl sites for hydroxylation is 3. The van der Waals surface area contributed by atoms with Crippen LogP contribution in [0, 0.1) is 20.8 Å². The van der Waals surface area contributed by atoms with Gasteiger partial charge in [0.05, 0.1) is 0 Å². The highest BCUT2D eigenvalue weighted by molar-refractivity contribution is 9.10. The van der Waals surface area contributed by atoms with Gasteiger partial charge in [0.1, 0.15) is 0 Å². The Bertz CT molecular complexity index is 670. The van der Waals surface area contributed by atoms with Crippen LogP contribution in [0.2, 0.25) is 0 Å². The highest BCUT2D eigenvalue weighted by atomic mass is 79.9. The fraction of sp³-hybridized carbons (Fsp3) is 0.222. The Labute approximate surface area is 123 Å². The molecule has 1 aliphatic carbocycles. The summed E-state index contributed by atoms with van der Waals surface area (Å²) in [6, 6.07) is 8.92. The first-order valence-corrected chi connectivity index (χ1v) is 7.43. The Kier molecular flexibility index (Phi) is 3.10. The van der Waals surface area contributed by atoms with Gasteiger partial charge in [0.25, 0.3) is 0 Å². The zero-order valence-corrected chi connectivity index (χ0v) is 13.1. The van der Waals surface area contributed by atoms with Crippen molar-refractivity contribution in [3.63, 3.8) is 0 Å².